The number of carbonyl (C=O) groups excluding carboxylic acids is 1. The molecule has 2 aromatic carbocycles. The van der Waals surface area contributed by atoms with Crippen LogP contribution in [0, 0.1) is 0 Å². The Hall–Kier alpha value is -1.65. The summed E-state index contributed by atoms with van der Waals surface area (Å²) in [7, 11) is 0. The number of hydrogen-bond donors (Lipinski definition) is 1. The molecular formula is C17H17BrN2O. The summed E-state index contributed by atoms with van der Waals surface area (Å²) in [5.41, 5.74) is 3.24. The van der Waals surface area contributed by atoms with Crippen LogP contribution in [0.3, 0.4) is 0 Å². The summed E-state index contributed by atoms with van der Waals surface area (Å²) in [6.45, 7) is 2.35. The van der Waals surface area contributed by atoms with Crippen molar-refractivity contribution in [1.29, 1.82) is 0 Å². The molecule has 1 N–H and O–H groups in total. The number of halogens is 1. The predicted octanol–water partition coefficient (Wildman–Crippen LogP) is 3.13. The minimum atomic E-state index is 0.143. The molecule has 0 atom stereocenters. The van der Waals surface area contributed by atoms with E-state index in [4.69, 9.17) is 0 Å². The normalized spacial score (nSPS) is 14.4. The van der Waals surface area contributed by atoms with Gasteiger partial charge in [-0.15, -0.1) is 0 Å². The number of carbonyl (C=O) groups is 1. The maximum Gasteiger partial charge on any atom is 0.231 e. The molecule has 1 aliphatic heterocycles. The number of nitrogens with one attached hydrogen (secondary N) is 1. The summed E-state index contributed by atoms with van der Waals surface area (Å²) in [4.78, 5) is 14.6. The number of fused-ring (bicyclic) bond motifs is 1. The zero-order valence-electron chi connectivity index (χ0n) is 11.7. The van der Waals surface area contributed by atoms with Crippen LogP contribution in [0.1, 0.15) is 11.1 Å². The Kier molecular flexibility index (Phi) is 4.36. The molecule has 3 rings (SSSR count). The molecule has 2 aromatic rings. The lowest BCUT2D eigenvalue weighted by Crippen LogP contribution is -2.35. The topological polar surface area (TPSA) is 32.3 Å². The van der Waals surface area contributed by atoms with Gasteiger partial charge in [-0.1, -0.05) is 46.3 Å². The van der Waals surface area contributed by atoms with Gasteiger partial charge in [-0.2, -0.15) is 0 Å². The highest BCUT2D eigenvalue weighted by Gasteiger charge is 2.20. The van der Waals surface area contributed by atoms with Crippen molar-refractivity contribution in [3.8, 4) is 0 Å². The Morgan fingerprint density at radius 3 is 2.90 bits per heavy atom. The molecule has 0 unspecified atom stereocenters. The summed E-state index contributed by atoms with van der Waals surface area (Å²) in [6.07, 6.45) is 0.424. The second kappa shape index (κ2) is 6.41. The zero-order chi connectivity index (χ0) is 14.7. The first-order valence-corrected chi connectivity index (χ1v) is 7.87. The lowest BCUT2D eigenvalue weighted by atomic mass is 10.1. The van der Waals surface area contributed by atoms with E-state index in [2.05, 4.69) is 27.3 Å². The number of benzene rings is 2. The van der Waals surface area contributed by atoms with Crippen molar-refractivity contribution in [2.24, 2.45) is 0 Å². The molecule has 0 saturated heterocycles. The van der Waals surface area contributed by atoms with Crippen molar-refractivity contribution < 1.29 is 4.79 Å². The first-order chi connectivity index (χ1) is 10.2. The van der Waals surface area contributed by atoms with Crippen LogP contribution in [0.5, 0.6) is 0 Å². The van der Waals surface area contributed by atoms with Gasteiger partial charge in [-0.3, -0.25) is 4.79 Å². The fourth-order valence-electron chi connectivity index (χ4n) is 2.63. The minimum absolute atomic E-state index is 0.143. The standard InChI is InChI=1S/C17H17BrN2O/c18-15-6-3-4-13(10-15)11-17(21)20-9-8-19-12-14-5-1-2-7-16(14)20/h1-7,10,19H,8-9,11-12H2. The van der Waals surface area contributed by atoms with Crippen LogP contribution < -0.4 is 10.2 Å². The number of hydrogen-bond acceptors (Lipinski definition) is 2. The lowest BCUT2D eigenvalue weighted by Gasteiger charge is -2.22. The largest absolute Gasteiger partial charge is 0.311 e. The highest BCUT2D eigenvalue weighted by Crippen LogP contribution is 2.23. The van der Waals surface area contributed by atoms with Crippen LogP contribution in [0.15, 0.2) is 53.0 Å². The molecule has 1 aliphatic rings. The van der Waals surface area contributed by atoms with Gasteiger partial charge in [0.2, 0.25) is 5.91 Å². The number of nitrogens with zero attached hydrogens (tertiary/aromatic N) is 1. The van der Waals surface area contributed by atoms with Gasteiger partial charge in [0.1, 0.15) is 0 Å². The Morgan fingerprint density at radius 2 is 2.05 bits per heavy atom. The van der Waals surface area contributed by atoms with E-state index >= 15 is 0 Å². The van der Waals surface area contributed by atoms with Gasteiger partial charge in [0, 0.05) is 29.8 Å². The summed E-state index contributed by atoms with van der Waals surface area (Å²) in [6, 6.07) is 16.0. The van der Waals surface area contributed by atoms with E-state index in [0.29, 0.717) is 13.0 Å². The molecule has 1 heterocycles. The first kappa shape index (κ1) is 14.3. The van der Waals surface area contributed by atoms with Gasteiger partial charge >= 0.3 is 0 Å². The highest BCUT2D eigenvalue weighted by atomic mass is 79.9. The molecule has 1 amide bonds. The summed E-state index contributed by atoms with van der Waals surface area (Å²) >= 11 is 3.45. The van der Waals surface area contributed by atoms with E-state index in [0.717, 1.165) is 28.8 Å². The van der Waals surface area contributed by atoms with Crippen LogP contribution in [-0.4, -0.2) is 19.0 Å². The van der Waals surface area contributed by atoms with Crippen LogP contribution in [0.4, 0.5) is 5.69 Å². The number of para-hydroxylation sites is 1. The van der Waals surface area contributed by atoms with Gasteiger partial charge < -0.3 is 10.2 Å². The van der Waals surface area contributed by atoms with Crippen molar-refractivity contribution in [1.82, 2.24) is 5.32 Å². The van der Waals surface area contributed by atoms with Crippen LogP contribution >= 0.6 is 15.9 Å². The van der Waals surface area contributed by atoms with E-state index in [9.17, 15) is 4.79 Å². The summed E-state index contributed by atoms with van der Waals surface area (Å²) in [5, 5.41) is 3.36. The van der Waals surface area contributed by atoms with Crippen LogP contribution in [0.2, 0.25) is 0 Å². The van der Waals surface area contributed by atoms with Crippen LogP contribution in [-0.2, 0) is 17.8 Å². The summed E-state index contributed by atoms with van der Waals surface area (Å²) < 4.78 is 1.01. The average Bonchev–Trinajstić information content (AvgIpc) is 2.69. The maximum absolute atomic E-state index is 12.7. The monoisotopic (exact) mass is 344 g/mol. The molecule has 0 radical (unpaired) electrons. The molecule has 0 bridgehead atoms. The maximum atomic E-state index is 12.7. The molecule has 3 nitrogen and oxygen atoms in total. The van der Waals surface area contributed by atoms with Gasteiger partial charge in [0.05, 0.1) is 6.42 Å². The third-order valence-electron chi connectivity index (χ3n) is 3.66. The highest BCUT2D eigenvalue weighted by molar-refractivity contribution is 9.10. The molecular weight excluding hydrogens is 328 g/mol. The van der Waals surface area contributed by atoms with Crippen molar-refractivity contribution >= 4 is 27.5 Å². The van der Waals surface area contributed by atoms with Crippen molar-refractivity contribution in [3.63, 3.8) is 0 Å². The molecule has 0 fully saturated rings. The fourth-order valence-corrected chi connectivity index (χ4v) is 3.08. The molecule has 108 valence electrons. The average molecular weight is 345 g/mol. The molecule has 21 heavy (non-hydrogen) atoms. The van der Waals surface area contributed by atoms with E-state index in [1.165, 1.54) is 5.56 Å². The van der Waals surface area contributed by atoms with Crippen molar-refractivity contribution in [2.75, 3.05) is 18.0 Å². The van der Waals surface area contributed by atoms with Gasteiger partial charge in [-0.05, 0) is 29.3 Å². The van der Waals surface area contributed by atoms with Gasteiger partial charge in [0.15, 0.2) is 0 Å². The third kappa shape index (κ3) is 3.34. The number of anilines is 1. The molecule has 0 aromatic heterocycles. The van der Waals surface area contributed by atoms with Gasteiger partial charge in [0.25, 0.3) is 0 Å². The second-order valence-electron chi connectivity index (χ2n) is 5.16. The van der Waals surface area contributed by atoms with E-state index < -0.39 is 0 Å². The number of rotatable bonds is 2. The van der Waals surface area contributed by atoms with Crippen LogP contribution in [0.25, 0.3) is 0 Å². The Morgan fingerprint density at radius 1 is 1.19 bits per heavy atom. The Bertz CT molecular complexity index is 657. The van der Waals surface area contributed by atoms with Crippen molar-refractivity contribution in [2.45, 2.75) is 13.0 Å². The van der Waals surface area contributed by atoms with Crippen molar-refractivity contribution in [3.05, 3.63) is 64.1 Å². The lowest BCUT2D eigenvalue weighted by molar-refractivity contribution is -0.118. The minimum Gasteiger partial charge on any atom is -0.311 e. The SMILES string of the molecule is O=C(Cc1cccc(Br)c1)N1CCNCc2ccccc21. The first-order valence-electron chi connectivity index (χ1n) is 7.07. The zero-order valence-corrected chi connectivity index (χ0v) is 13.3. The third-order valence-corrected chi connectivity index (χ3v) is 4.15. The Labute approximate surface area is 133 Å². The smallest absolute Gasteiger partial charge is 0.231 e. The number of amides is 1. The van der Waals surface area contributed by atoms with E-state index in [-0.39, 0.29) is 5.91 Å². The van der Waals surface area contributed by atoms with Gasteiger partial charge in [-0.25, -0.2) is 0 Å². The van der Waals surface area contributed by atoms with E-state index in [1.54, 1.807) is 0 Å². The molecule has 4 heteroatoms. The fraction of sp³-hybridized carbons (Fsp3) is 0.235. The molecule has 0 aliphatic carbocycles. The predicted molar refractivity (Wildman–Crippen MR) is 88.3 cm³/mol. The summed E-state index contributed by atoms with van der Waals surface area (Å²) in [5.74, 6) is 0.143. The Balaban J connectivity index is 1.84. The second-order valence-corrected chi connectivity index (χ2v) is 6.07. The molecule has 0 saturated carbocycles. The van der Waals surface area contributed by atoms with E-state index in [1.807, 2.05) is 47.4 Å². The molecule has 0 spiro atoms. The quantitative estimate of drug-likeness (QED) is 0.907.